The van der Waals surface area contributed by atoms with Gasteiger partial charge in [0.25, 0.3) is 0 Å². The van der Waals surface area contributed by atoms with Gasteiger partial charge in [0.1, 0.15) is 5.82 Å². The molecule has 0 aromatic heterocycles. The summed E-state index contributed by atoms with van der Waals surface area (Å²) in [7, 11) is 0. The summed E-state index contributed by atoms with van der Waals surface area (Å²) < 4.78 is 12.9. The second kappa shape index (κ2) is 5.46. The van der Waals surface area contributed by atoms with Gasteiger partial charge in [-0.15, -0.1) is 0 Å². The summed E-state index contributed by atoms with van der Waals surface area (Å²) in [6, 6.07) is 4.66. The van der Waals surface area contributed by atoms with Crippen molar-refractivity contribution in [2.24, 2.45) is 5.73 Å². The highest BCUT2D eigenvalue weighted by Gasteiger charge is 2.00. The van der Waals surface area contributed by atoms with Crippen molar-refractivity contribution in [1.82, 2.24) is 5.32 Å². The monoisotopic (exact) mass is 210 g/mol. The largest absolute Gasteiger partial charge is 0.370 e. The molecule has 1 rings (SSSR count). The van der Waals surface area contributed by atoms with Crippen molar-refractivity contribution < 1.29 is 9.18 Å². The van der Waals surface area contributed by atoms with E-state index in [4.69, 9.17) is 5.73 Å². The number of aryl methyl sites for hydroxylation is 1. The Hall–Kier alpha value is -1.42. The number of halogens is 1. The van der Waals surface area contributed by atoms with Crippen molar-refractivity contribution in [3.05, 3.63) is 35.1 Å². The lowest BCUT2D eigenvalue weighted by Crippen LogP contribution is -2.21. The molecule has 0 aliphatic rings. The molecule has 4 heteroatoms. The van der Waals surface area contributed by atoms with Crippen molar-refractivity contribution in [3.8, 4) is 0 Å². The average molecular weight is 210 g/mol. The molecule has 0 aliphatic heterocycles. The molecule has 0 spiro atoms. The molecule has 0 aliphatic carbocycles. The maximum Gasteiger partial charge on any atom is 0.218 e. The molecule has 0 radical (unpaired) electrons. The topological polar surface area (TPSA) is 55.1 Å². The fraction of sp³-hybridized carbons (Fsp3) is 0.364. The Labute approximate surface area is 88.5 Å². The molecular formula is C11H15FN2O. The Morgan fingerprint density at radius 2 is 2.27 bits per heavy atom. The fourth-order valence-electron chi connectivity index (χ4n) is 1.27. The molecular weight excluding hydrogens is 195 g/mol. The molecule has 82 valence electrons. The Morgan fingerprint density at radius 1 is 1.53 bits per heavy atom. The molecule has 0 bridgehead atoms. The maximum absolute atomic E-state index is 12.9. The number of hydrogen-bond acceptors (Lipinski definition) is 2. The fourth-order valence-corrected chi connectivity index (χ4v) is 1.27. The van der Waals surface area contributed by atoms with Gasteiger partial charge in [-0.25, -0.2) is 4.39 Å². The number of nitrogens with two attached hydrogens (primary N) is 1. The van der Waals surface area contributed by atoms with Crippen LogP contribution in [-0.2, 0) is 11.3 Å². The zero-order valence-electron chi connectivity index (χ0n) is 8.72. The number of carbonyl (C=O) groups excluding carboxylic acids is 1. The first kappa shape index (κ1) is 11.7. The van der Waals surface area contributed by atoms with E-state index >= 15 is 0 Å². The van der Waals surface area contributed by atoms with Crippen molar-refractivity contribution >= 4 is 5.91 Å². The number of benzene rings is 1. The third-order valence-electron chi connectivity index (χ3n) is 2.17. The van der Waals surface area contributed by atoms with Crippen LogP contribution < -0.4 is 11.1 Å². The van der Waals surface area contributed by atoms with Gasteiger partial charge in [0.2, 0.25) is 5.91 Å². The van der Waals surface area contributed by atoms with Crippen LogP contribution in [0.25, 0.3) is 0 Å². The summed E-state index contributed by atoms with van der Waals surface area (Å²) in [5, 5.41) is 3.03. The maximum atomic E-state index is 12.9. The van der Waals surface area contributed by atoms with Crippen LogP contribution in [-0.4, -0.2) is 12.5 Å². The zero-order valence-corrected chi connectivity index (χ0v) is 8.72. The molecule has 0 fully saturated rings. The van der Waals surface area contributed by atoms with Gasteiger partial charge in [0.05, 0.1) is 0 Å². The van der Waals surface area contributed by atoms with Crippen molar-refractivity contribution in [2.75, 3.05) is 6.54 Å². The molecule has 1 amide bonds. The van der Waals surface area contributed by atoms with Crippen LogP contribution in [0.15, 0.2) is 18.2 Å². The first-order valence-electron chi connectivity index (χ1n) is 4.83. The Morgan fingerprint density at radius 3 is 2.93 bits per heavy atom. The first-order chi connectivity index (χ1) is 7.09. The minimum atomic E-state index is -0.335. The van der Waals surface area contributed by atoms with Crippen LogP contribution in [0.1, 0.15) is 17.5 Å². The molecule has 1 aromatic rings. The van der Waals surface area contributed by atoms with Gasteiger partial charge in [-0.3, -0.25) is 4.79 Å². The molecule has 0 saturated carbocycles. The number of rotatable bonds is 5. The van der Waals surface area contributed by atoms with Crippen LogP contribution in [0.5, 0.6) is 0 Å². The zero-order chi connectivity index (χ0) is 11.3. The molecule has 0 heterocycles. The number of carbonyl (C=O) groups is 1. The van der Waals surface area contributed by atoms with E-state index in [1.54, 1.807) is 6.07 Å². The molecule has 0 atom stereocenters. The highest BCUT2D eigenvalue weighted by atomic mass is 19.1. The SMILES string of the molecule is Cc1ccc(F)cc1CNCCC(N)=O. The van der Waals surface area contributed by atoms with Gasteiger partial charge in [-0.05, 0) is 30.2 Å². The second-order valence-electron chi connectivity index (χ2n) is 3.46. The van der Waals surface area contributed by atoms with Gasteiger partial charge >= 0.3 is 0 Å². The average Bonchev–Trinajstić information content (AvgIpc) is 2.17. The smallest absolute Gasteiger partial charge is 0.218 e. The van der Waals surface area contributed by atoms with Crippen molar-refractivity contribution in [1.29, 1.82) is 0 Å². The minimum Gasteiger partial charge on any atom is -0.370 e. The normalized spacial score (nSPS) is 10.3. The summed E-state index contributed by atoms with van der Waals surface area (Å²) in [5.41, 5.74) is 6.92. The lowest BCUT2D eigenvalue weighted by molar-refractivity contribution is -0.117. The van der Waals surface area contributed by atoms with Gasteiger partial charge in [0.15, 0.2) is 0 Å². The van der Waals surface area contributed by atoms with Crippen LogP contribution in [0.2, 0.25) is 0 Å². The van der Waals surface area contributed by atoms with E-state index < -0.39 is 0 Å². The minimum absolute atomic E-state index is 0.243. The molecule has 3 N–H and O–H groups in total. The molecule has 0 saturated heterocycles. The van der Waals surface area contributed by atoms with Gasteiger partial charge < -0.3 is 11.1 Å². The van der Waals surface area contributed by atoms with Gasteiger partial charge in [-0.2, -0.15) is 0 Å². The van der Waals surface area contributed by atoms with E-state index in [2.05, 4.69) is 5.32 Å². The molecule has 15 heavy (non-hydrogen) atoms. The Balaban J connectivity index is 2.43. The number of amides is 1. The van der Waals surface area contributed by atoms with Crippen LogP contribution in [0.4, 0.5) is 4.39 Å². The summed E-state index contributed by atoms with van der Waals surface area (Å²) in [6.07, 6.45) is 0.300. The Bertz CT molecular complexity index is 352. The molecule has 0 unspecified atom stereocenters. The summed E-state index contributed by atoms with van der Waals surface area (Å²) >= 11 is 0. The van der Waals surface area contributed by atoms with Crippen LogP contribution in [0.3, 0.4) is 0 Å². The van der Waals surface area contributed by atoms with Crippen molar-refractivity contribution in [2.45, 2.75) is 19.9 Å². The first-order valence-corrected chi connectivity index (χ1v) is 4.83. The molecule has 1 aromatic carbocycles. The molecule has 3 nitrogen and oxygen atoms in total. The number of nitrogens with one attached hydrogen (secondary N) is 1. The lowest BCUT2D eigenvalue weighted by Gasteiger charge is -2.06. The van der Waals surface area contributed by atoms with E-state index in [9.17, 15) is 9.18 Å². The van der Waals surface area contributed by atoms with Gasteiger partial charge in [0, 0.05) is 19.5 Å². The van der Waals surface area contributed by atoms with Gasteiger partial charge in [-0.1, -0.05) is 6.07 Å². The van der Waals surface area contributed by atoms with Crippen LogP contribution in [0, 0.1) is 12.7 Å². The van der Waals surface area contributed by atoms with E-state index in [1.807, 2.05) is 6.92 Å². The number of hydrogen-bond donors (Lipinski definition) is 2. The van der Waals surface area contributed by atoms with E-state index in [0.29, 0.717) is 19.5 Å². The predicted octanol–water partition coefficient (Wildman–Crippen LogP) is 1.10. The third-order valence-corrected chi connectivity index (χ3v) is 2.17. The summed E-state index contributed by atoms with van der Waals surface area (Å²) in [6.45, 7) is 2.99. The van der Waals surface area contributed by atoms with E-state index in [1.165, 1.54) is 12.1 Å². The standard InChI is InChI=1S/C11H15FN2O/c1-8-2-3-10(12)6-9(8)7-14-5-4-11(13)15/h2-3,6,14H,4-5,7H2,1H3,(H2,13,15). The highest BCUT2D eigenvalue weighted by Crippen LogP contribution is 2.09. The predicted molar refractivity (Wildman–Crippen MR) is 56.7 cm³/mol. The van der Waals surface area contributed by atoms with E-state index in [0.717, 1.165) is 11.1 Å². The second-order valence-corrected chi connectivity index (χ2v) is 3.46. The van der Waals surface area contributed by atoms with E-state index in [-0.39, 0.29) is 11.7 Å². The summed E-state index contributed by atoms with van der Waals surface area (Å²) in [5.74, 6) is -0.578. The number of primary amides is 1. The summed E-state index contributed by atoms with van der Waals surface area (Å²) in [4.78, 5) is 10.5. The Kier molecular flexibility index (Phi) is 4.24. The highest BCUT2D eigenvalue weighted by molar-refractivity contribution is 5.73. The third kappa shape index (κ3) is 4.08. The lowest BCUT2D eigenvalue weighted by atomic mass is 10.1. The van der Waals surface area contributed by atoms with Crippen molar-refractivity contribution in [3.63, 3.8) is 0 Å². The quantitative estimate of drug-likeness (QED) is 0.715. The van der Waals surface area contributed by atoms with Crippen LogP contribution >= 0.6 is 0 Å².